The molecule has 0 amide bonds. The molecule has 26 heavy (non-hydrogen) atoms. The average molecular weight is 352 g/mol. The third-order valence-corrected chi connectivity index (χ3v) is 8.14. The quantitative estimate of drug-likeness (QED) is 0.799. The summed E-state index contributed by atoms with van der Waals surface area (Å²) in [5.74, 6) is -0.227. The molecule has 2 N–H and O–H groups in total. The van der Waals surface area contributed by atoms with Crippen molar-refractivity contribution in [3.05, 3.63) is 41.1 Å². The normalized spacial score (nSPS) is 44.1. The second kappa shape index (κ2) is 4.34. The molecule has 2 saturated heterocycles. The molecule has 2 aliphatic carbocycles. The number of fused-ring (bicyclic) bond motifs is 2. The summed E-state index contributed by atoms with van der Waals surface area (Å²) in [5, 5.41) is 14.9. The van der Waals surface area contributed by atoms with Gasteiger partial charge in [-0.2, -0.15) is 0 Å². The maximum absolute atomic E-state index is 13.0. The van der Waals surface area contributed by atoms with E-state index in [9.17, 15) is 9.90 Å². The van der Waals surface area contributed by atoms with Crippen molar-refractivity contribution in [3.8, 4) is 0 Å². The molecule has 3 aliphatic heterocycles. The second-order valence-electron chi connectivity index (χ2n) is 8.78. The number of nitrogens with one attached hydrogen (secondary N) is 1. The summed E-state index contributed by atoms with van der Waals surface area (Å²) in [4.78, 5) is 15.5. The first-order valence-electron chi connectivity index (χ1n) is 9.70. The van der Waals surface area contributed by atoms with Crippen LogP contribution < -0.4 is 5.32 Å². The number of esters is 1. The molecule has 0 aromatic heterocycles. The molecule has 1 aromatic rings. The smallest absolute Gasteiger partial charge is 0.336 e. The van der Waals surface area contributed by atoms with Crippen LogP contribution in [0.5, 0.6) is 0 Å². The highest BCUT2D eigenvalue weighted by atomic mass is 16.5. The van der Waals surface area contributed by atoms with E-state index in [-0.39, 0.29) is 22.8 Å². The summed E-state index contributed by atoms with van der Waals surface area (Å²) >= 11 is 0. The summed E-state index contributed by atoms with van der Waals surface area (Å²) in [5.41, 5.74) is 3.17. The maximum Gasteiger partial charge on any atom is 0.336 e. The van der Waals surface area contributed by atoms with Crippen LogP contribution in [-0.2, 0) is 14.9 Å². The van der Waals surface area contributed by atoms with Crippen LogP contribution >= 0.6 is 0 Å². The third kappa shape index (κ3) is 1.30. The summed E-state index contributed by atoms with van der Waals surface area (Å²) in [6.45, 7) is 3.04. The first-order chi connectivity index (χ1) is 12.5. The number of nitrogens with zero attached hydrogens (tertiary/aromatic N) is 1. The highest BCUT2D eigenvalue weighted by Crippen LogP contribution is 2.74. The molecule has 136 valence electrons. The molecule has 5 aliphatic rings. The van der Waals surface area contributed by atoms with Crippen molar-refractivity contribution in [2.24, 2.45) is 5.41 Å². The lowest BCUT2D eigenvalue weighted by Gasteiger charge is -2.60. The summed E-state index contributed by atoms with van der Waals surface area (Å²) in [6, 6.07) is 8.84. The summed E-state index contributed by atoms with van der Waals surface area (Å²) in [6.07, 6.45) is 3.33. The average Bonchev–Trinajstić information content (AvgIpc) is 3.23. The fourth-order valence-electron chi connectivity index (χ4n) is 7.34. The van der Waals surface area contributed by atoms with Crippen molar-refractivity contribution in [2.75, 3.05) is 19.0 Å². The fraction of sp³-hybridized carbons (Fsp3) is 0.571. The number of benzene rings is 1. The lowest BCUT2D eigenvalue weighted by atomic mass is 9.47. The van der Waals surface area contributed by atoms with E-state index in [1.54, 1.807) is 0 Å². The molecule has 5 nitrogen and oxygen atoms in total. The number of rotatable bonds is 2. The molecule has 3 fully saturated rings. The number of hydrogen-bond acceptors (Lipinski definition) is 5. The number of hydrogen-bond donors (Lipinski definition) is 2. The number of anilines is 1. The zero-order chi connectivity index (χ0) is 17.9. The van der Waals surface area contributed by atoms with Gasteiger partial charge in [-0.15, -0.1) is 0 Å². The molecular weight excluding hydrogens is 328 g/mol. The van der Waals surface area contributed by atoms with Gasteiger partial charge in [-0.05, 0) is 37.3 Å². The maximum atomic E-state index is 13.0. The number of para-hydroxylation sites is 1. The molecule has 1 unspecified atom stereocenters. The topological polar surface area (TPSA) is 61.8 Å². The fourth-order valence-corrected chi connectivity index (χ4v) is 7.34. The predicted molar refractivity (Wildman–Crippen MR) is 96.6 cm³/mol. The molecule has 0 radical (unpaired) electrons. The van der Waals surface area contributed by atoms with E-state index < -0.39 is 5.60 Å². The molecular formula is C21H24N2O3. The van der Waals surface area contributed by atoms with Crippen LogP contribution in [0.25, 0.3) is 0 Å². The SMILES string of the molecule is CC[C@@]1(O)C[C@]23CC4N(CC[C@@]45C(=C2C(=O)OC)Nc2ccccc25)[C@H]13. The number of methoxy groups -OCH3 is 1. The van der Waals surface area contributed by atoms with Gasteiger partial charge < -0.3 is 15.2 Å². The van der Waals surface area contributed by atoms with Crippen molar-refractivity contribution in [3.63, 3.8) is 0 Å². The molecule has 5 heteroatoms. The van der Waals surface area contributed by atoms with Crippen LogP contribution in [0, 0.1) is 5.41 Å². The Balaban J connectivity index is 1.65. The Bertz CT molecular complexity index is 895. The van der Waals surface area contributed by atoms with E-state index in [0.29, 0.717) is 12.5 Å². The van der Waals surface area contributed by atoms with Crippen LogP contribution in [-0.4, -0.2) is 47.3 Å². The van der Waals surface area contributed by atoms with Crippen LogP contribution in [0.1, 0.15) is 38.2 Å². The highest BCUT2D eigenvalue weighted by molar-refractivity contribution is 5.95. The van der Waals surface area contributed by atoms with Gasteiger partial charge in [-0.3, -0.25) is 4.90 Å². The zero-order valence-corrected chi connectivity index (χ0v) is 15.2. The van der Waals surface area contributed by atoms with Crippen LogP contribution in [0.4, 0.5) is 5.69 Å². The van der Waals surface area contributed by atoms with E-state index in [0.717, 1.165) is 42.8 Å². The van der Waals surface area contributed by atoms with Gasteiger partial charge in [0, 0.05) is 35.4 Å². The monoisotopic (exact) mass is 352 g/mol. The minimum absolute atomic E-state index is 0.0329. The lowest BCUT2D eigenvalue weighted by molar-refractivity contribution is -0.170. The van der Waals surface area contributed by atoms with E-state index >= 15 is 0 Å². The van der Waals surface area contributed by atoms with Gasteiger partial charge in [-0.1, -0.05) is 25.1 Å². The van der Waals surface area contributed by atoms with Crippen molar-refractivity contribution in [2.45, 2.75) is 55.7 Å². The Morgan fingerprint density at radius 3 is 3.00 bits per heavy atom. The summed E-state index contributed by atoms with van der Waals surface area (Å²) < 4.78 is 5.26. The summed E-state index contributed by atoms with van der Waals surface area (Å²) in [7, 11) is 1.47. The minimum atomic E-state index is -0.696. The standard InChI is InChI=1S/C21H24N2O3/c1-3-20(25)11-19-10-14-21(8-9-23(14)18(19)20)12-6-4-5-7-13(12)22-16(21)15(19)17(24)26-2/h4-7,14,18,22,25H,3,8-11H2,1-2H3/t14?,18-,19+,20+,21-/m0/s1. The van der Waals surface area contributed by atoms with Gasteiger partial charge in [0.25, 0.3) is 0 Å². The number of aliphatic hydroxyl groups is 1. The largest absolute Gasteiger partial charge is 0.466 e. The van der Waals surface area contributed by atoms with Crippen molar-refractivity contribution >= 4 is 11.7 Å². The molecule has 6 rings (SSSR count). The van der Waals surface area contributed by atoms with Crippen molar-refractivity contribution < 1.29 is 14.6 Å². The Morgan fingerprint density at radius 2 is 2.23 bits per heavy atom. The third-order valence-electron chi connectivity index (χ3n) is 8.14. The molecule has 1 saturated carbocycles. The van der Waals surface area contributed by atoms with E-state index in [4.69, 9.17) is 4.74 Å². The van der Waals surface area contributed by atoms with Crippen LogP contribution in [0.15, 0.2) is 35.5 Å². The Labute approximate surface area is 153 Å². The number of carbonyl (C=O) groups is 1. The van der Waals surface area contributed by atoms with Gasteiger partial charge in [0.2, 0.25) is 0 Å². The van der Waals surface area contributed by atoms with E-state index in [1.807, 2.05) is 6.07 Å². The van der Waals surface area contributed by atoms with Gasteiger partial charge in [0.15, 0.2) is 0 Å². The van der Waals surface area contributed by atoms with E-state index in [2.05, 4.69) is 35.3 Å². The molecule has 3 heterocycles. The van der Waals surface area contributed by atoms with Crippen LogP contribution in [0.2, 0.25) is 0 Å². The van der Waals surface area contributed by atoms with Crippen molar-refractivity contribution in [1.29, 1.82) is 0 Å². The first-order valence-corrected chi connectivity index (χ1v) is 9.70. The van der Waals surface area contributed by atoms with Gasteiger partial charge in [-0.25, -0.2) is 4.79 Å². The van der Waals surface area contributed by atoms with Gasteiger partial charge >= 0.3 is 5.97 Å². The van der Waals surface area contributed by atoms with E-state index in [1.165, 1.54) is 12.7 Å². The van der Waals surface area contributed by atoms with Crippen LogP contribution in [0.3, 0.4) is 0 Å². The molecule has 1 aromatic carbocycles. The molecule has 2 bridgehead atoms. The Hall–Kier alpha value is -1.85. The Kier molecular flexibility index (Phi) is 2.54. The minimum Gasteiger partial charge on any atom is -0.466 e. The lowest BCUT2D eigenvalue weighted by Crippen LogP contribution is -2.69. The highest BCUT2D eigenvalue weighted by Gasteiger charge is 2.79. The number of carbonyl (C=O) groups excluding carboxylic acids is 1. The molecule has 2 spiro atoms. The van der Waals surface area contributed by atoms with Crippen molar-refractivity contribution in [1.82, 2.24) is 4.90 Å². The zero-order valence-electron chi connectivity index (χ0n) is 15.2. The number of ether oxygens (including phenoxy) is 1. The molecule has 5 atom stereocenters. The van der Waals surface area contributed by atoms with Gasteiger partial charge in [0.05, 0.1) is 23.7 Å². The first kappa shape index (κ1) is 15.2. The van der Waals surface area contributed by atoms with Gasteiger partial charge in [0.1, 0.15) is 0 Å². The predicted octanol–water partition coefficient (Wildman–Crippen LogP) is 2.17. The second-order valence-corrected chi connectivity index (χ2v) is 8.78. The Morgan fingerprint density at radius 1 is 1.42 bits per heavy atom.